The Hall–Kier alpha value is -3.39. The van der Waals surface area contributed by atoms with Gasteiger partial charge >= 0.3 is 0 Å². The maximum absolute atomic E-state index is 11.9. The number of fused-ring (bicyclic) bond motifs is 1. The number of hydrogen-bond acceptors (Lipinski definition) is 5. The van der Waals surface area contributed by atoms with Gasteiger partial charge in [0.2, 0.25) is 0 Å². The molecule has 0 aliphatic rings. The number of carbonyl (C=O) groups is 2. The standard InChI is InChI=1S/C18H15N3O4S/c22-16(20-21-18(26)19-17(23)15-9-4-10-24-15)11-25-14-8-3-6-12-5-1-2-7-13(12)14/h1-10H,11H2,(H,20,22)(H2,19,21,23,26). The molecule has 0 bridgehead atoms. The number of benzene rings is 2. The number of amides is 2. The molecule has 3 rings (SSSR count). The zero-order valence-corrected chi connectivity index (χ0v) is 14.3. The number of hydrazine groups is 1. The first kappa shape index (κ1) is 17.4. The number of furan rings is 1. The minimum atomic E-state index is -0.520. The molecular weight excluding hydrogens is 354 g/mol. The Morgan fingerprint density at radius 3 is 2.62 bits per heavy atom. The summed E-state index contributed by atoms with van der Waals surface area (Å²) in [5, 5.41) is 4.24. The summed E-state index contributed by atoms with van der Waals surface area (Å²) >= 11 is 4.92. The van der Waals surface area contributed by atoms with E-state index in [1.54, 1.807) is 12.1 Å². The van der Waals surface area contributed by atoms with E-state index in [2.05, 4.69) is 16.2 Å². The van der Waals surface area contributed by atoms with Crippen LogP contribution in [-0.4, -0.2) is 23.5 Å². The van der Waals surface area contributed by atoms with Gasteiger partial charge in [0.1, 0.15) is 5.75 Å². The quantitative estimate of drug-likeness (QED) is 0.482. The topological polar surface area (TPSA) is 92.6 Å². The number of carbonyl (C=O) groups excluding carboxylic acids is 2. The molecule has 2 aromatic carbocycles. The lowest BCUT2D eigenvalue weighted by molar-refractivity contribution is -0.123. The molecule has 3 N–H and O–H groups in total. The Labute approximate surface area is 154 Å². The van der Waals surface area contributed by atoms with Gasteiger partial charge in [0, 0.05) is 5.39 Å². The van der Waals surface area contributed by atoms with E-state index >= 15 is 0 Å². The lowest BCUT2D eigenvalue weighted by Gasteiger charge is -2.12. The first-order valence-electron chi connectivity index (χ1n) is 7.68. The van der Waals surface area contributed by atoms with E-state index < -0.39 is 11.8 Å². The largest absolute Gasteiger partial charge is 0.483 e. The smallest absolute Gasteiger partial charge is 0.293 e. The van der Waals surface area contributed by atoms with E-state index in [1.165, 1.54) is 12.3 Å². The highest BCUT2D eigenvalue weighted by Crippen LogP contribution is 2.24. The van der Waals surface area contributed by atoms with Crippen molar-refractivity contribution in [3.63, 3.8) is 0 Å². The number of rotatable bonds is 4. The third kappa shape index (κ3) is 4.37. The molecule has 1 aromatic heterocycles. The fraction of sp³-hybridized carbons (Fsp3) is 0.0556. The molecule has 0 unspecified atom stereocenters. The Bertz CT molecular complexity index is 935. The average Bonchev–Trinajstić information content (AvgIpc) is 3.19. The molecule has 0 spiro atoms. The van der Waals surface area contributed by atoms with Crippen LogP contribution in [-0.2, 0) is 4.79 Å². The second-order valence-electron chi connectivity index (χ2n) is 5.20. The summed E-state index contributed by atoms with van der Waals surface area (Å²) in [7, 11) is 0. The fourth-order valence-corrected chi connectivity index (χ4v) is 2.37. The highest BCUT2D eigenvalue weighted by molar-refractivity contribution is 7.80. The van der Waals surface area contributed by atoms with Crippen molar-refractivity contribution >= 4 is 39.9 Å². The van der Waals surface area contributed by atoms with Gasteiger partial charge in [-0.25, -0.2) is 0 Å². The average molecular weight is 369 g/mol. The summed E-state index contributed by atoms with van der Waals surface area (Å²) in [5.41, 5.74) is 4.78. The summed E-state index contributed by atoms with van der Waals surface area (Å²) in [5.74, 6) is -0.256. The highest BCUT2D eigenvalue weighted by atomic mass is 32.1. The minimum absolute atomic E-state index is 0.0649. The van der Waals surface area contributed by atoms with Gasteiger partial charge in [-0.15, -0.1) is 0 Å². The predicted molar refractivity (Wildman–Crippen MR) is 99.5 cm³/mol. The zero-order chi connectivity index (χ0) is 18.4. The van der Waals surface area contributed by atoms with Crippen molar-refractivity contribution in [3.8, 4) is 5.75 Å². The molecule has 132 valence electrons. The van der Waals surface area contributed by atoms with Crippen LogP contribution in [0.4, 0.5) is 0 Å². The first-order chi connectivity index (χ1) is 12.6. The molecule has 0 aliphatic heterocycles. The van der Waals surface area contributed by atoms with Crippen molar-refractivity contribution in [2.75, 3.05) is 6.61 Å². The van der Waals surface area contributed by atoms with E-state index in [-0.39, 0.29) is 17.5 Å². The van der Waals surface area contributed by atoms with Crippen LogP contribution in [0, 0.1) is 0 Å². The molecule has 3 aromatic rings. The van der Waals surface area contributed by atoms with Crippen molar-refractivity contribution in [1.82, 2.24) is 16.2 Å². The van der Waals surface area contributed by atoms with Gasteiger partial charge in [-0.3, -0.25) is 25.8 Å². The summed E-state index contributed by atoms with van der Waals surface area (Å²) in [6.07, 6.45) is 1.37. The van der Waals surface area contributed by atoms with Crippen LogP contribution in [0.25, 0.3) is 10.8 Å². The normalized spacial score (nSPS) is 10.2. The Morgan fingerprint density at radius 1 is 1.00 bits per heavy atom. The van der Waals surface area contributed by atoms with Crippen LogP contribution < -0.4 is 20.9 Å². The van der Waals surface area contributed by atoms with E-state index in [4.69, 9.17) is 21.4 Å². The molecule has 0 aliphatic carbocycles. The van der Waals surface area contributed by atoms with Gasteiger partial charge in [0.05, 0.1) is 6.26 Å². The lowest BCUT2D eigenvalue weighted by Crippen LogP contribution is -2.49. The van der Waals surface area contributed by atoms with Crippen LogP contribution in [0.2, 0.25) is 0 Å². The second kappa shape index (κ2) is 8.13. The van der Waals surface area contributed by atoms with Crippen molar-refractivity contribution in [1.29, 1.82) is 0 Å². The third-order valence-corrected chi connectivity index (χ3v) is 3.60. The van der Waals surface area contributed by atoms with Crippen molar-refractivity contribution < 1.29 is 18.7 Å². The van der Waals surface area contributed by atoms with Gasteiger partial charge < -0.3 is 9.15 Å². The zero-order valence-electron chi connectivity index (χ0n) is 13.5. The molecule has 26 heavy (non-hydrogen) atoms. The summed E-state index contributed by atoms with van der Waals surface area (Å²) in [6.45, 7) is -0.213. The maximum Gasteiger partial charge on any atom is 0.293 e. The van der Waals surface area contributed by atoms with E-state index in [1.807, 2.05) is 36.4 Å². The first-order valence-corrected chi connectivity index (χ1v) is 8.08. The van der Waals surface area contributed by atoms with Crippen LogP contribution in [0.15, 0.2) is 65.3 Å². The molecule has 2 amide bonds. The summed E-state index contributed by atoms with van der Waals surface area (Å²) in [6, 6.07) is 16.4. The summed E-state index contributed by atoms with van der Waals surface area (Å²) < 4.78 is 10.5. The predicted octanol–water partition coefficient (Wildman–Crippen LogP) is 2.15. The molecule has 0 radical (unpaired) electrons. The maximum atomic E-state index is 11.9. The van der Waals surface area contributed by atoms with Crippen molar-refractivity contribution in [3.05, 3.63) is 66.6 Å². The molecule has 8 heteroatoms. The van der Waals surface area contributed by atoms with E-state index in [0.29, 0.717) is 5.75 Å². The van der Waals surface area contributed by atoms with Gasteiger partial charge in [-0.05, 0) is 35.8 Å². The van der Waals surface area contributed by atoms with Gasteiger partial charge in [0.15, 0.2) is 17.5 Å². The minimum Gasteiger partial charge on any atom is -0.483 e. The van der Waals surface area contributed by atoms with Crippen molar-refractivity contribution in [2.45, 2.75) is 0 Å². The lowest BCUT2D eigenvalue weighted by atomic mass is 10.1. The number of nitrogens with one attached hydrogen (secondary N) is 3. The molecule has 0 atom stereocenters. The Balaban J connectivity index is 1.47. The van der Waals surface area contributed by atoms with E-state index in [0.717, 1.165) is 10.8 Å². The Kier molecular flexibility index (Phi) is 5.45. The highest BCUT2D eigenvalue weighted by Gasteiger charge is 2.11. The molecule has 0 saturated heterocycles. The second-order valence-corrected chi connectivity index (χ2v) is 5.61. The SMILES string of the molecule is O=C(COc1cccc2ccccc12)NNC(=S)NC(=O)c1ccco1. The van der Waals surface area contributed by atoms with Crippen molar-refractivity contribution in [2.24, 2.45) is 0 Å². The molecule has 1 heterocycles. The molecule has 0 fully saturated rings. The van der Waals surface area contributed by atoms with Crippen LogP contribution in [0.3, 0.4) is 0 Å². The van der Waals surface area contributed by atoms with Gasteiger partial charge in [-0.1, -0.05) is 36.4 Å². The van der Waals surface area contributed by atoms with Crippen LogP contribution in [0.1, 0.15) is 10.6 Å². The number of thiocarbonyl (C=S) groups is 1. The van der Waals surface area contributed by atoms with E-state index in [9.17, 15) is 9.59 Å². The van der Waals surface area contributed by atoms with Gasteiger partial charge in [-0.2, -0.15) is 0 Å². The van der Waals surface area contributed by atoms with Gasteiger partial charge in [0.25, 0.3) is 11.8 Å². The van der Waals surface area contributed by atoms with Crippen LogP contribution in [0.5, 0.6) is 5.75 Å². The Morgan fingerprint density at radius 2 is 1.81 bits per heavy atom. The third-order valence-electron chi connectivity index (χ3n) is 3.40. The summed E-state index contributed by atoms with van der Waals surface area (Å²) in [4.78, 5) is 23.6. The monoisotopic (exact) mass is 369 g/mol. The molecule has 0 saturated carbocycles. The number of ether oxygens (including phenoxy) is 1. The van der Waals surface area contributed by atoms with Crippen LogP contribution >= 0.6 is 12.2 Å². The molecular formula is C18H15N3O4S. The molecule has 7 nitrogen and oxygen atoms in total. The number of hydrogen-bond donors (Lipinski definition) is 3. The fourth-order valence-electron chi connectivity index (χ4n) is 2.23.